The van der Waals surface area contributed by atoms with Crippen LogP contribution in [-0.2, 0) is 0 Å². The van der Waals surface area contributed by atoms with Gasteiger partial charge in [0, 0.05) is 33.0 Å². The first-order chi connectivity index (χ1) is 28.2. The zero-order chi connectivity index (χ0) is 37.7. The van der Waals surface area contributed by atoms with Gasteiger partial charge in [-0.05, 0) is 73.6 Å². The number of furan rings is 1. The summed E-state index contributed by atoms with van der Waals surface area (Å²) in [5.74, 6) is 1.81. The van der Waals surface area contributed by atoms with Crippen LogP contribution in [0.25, 0.3) is 111 Å². The predicted molar refractivity (Wildman–Crippen MR) is 235 cm³/mol. The van der Waals surface area contributed by atoms with Crippen molar-refractivity contribution < 1.29 is 4.42 Å². The summed E-state index contributed by atoms with van der Waals surface area (Å²) in [6.07, 6.45) is 0. The first-order valence-corrected chi connectivity index (χ1v) is 19.2. The van der Waals surface area contributed by atoms with Gasteiger partial charge in [-0.15, -0.1) is 0 Å². The molecule has 4 nitrogen and oxygen atoms in total. The molecule has 0 radical (unpaired) electrons. The molecule has 0 atom stereocenters. The minimum Gasteiger partial charge on any atom is -0.455 e. The van der Waals surface area contributed by atoms with Gasteiger partial charge in [0.05, 0.1) is 0 Å². The Hall–Kier alpha value is -7.69. The molecule has 11 aromatic rings. The Bertz CT molecular complexity index is 3260. The fourth-order valence-electron chi connectivity index (χ4n) is 8.06. The van der Waals surface area contributed by atoms with Gasteiger partial charge >= 0.3 is 0 Å². The Morgan fingerprint density at radius 2 is 0.772 bits per heavy atom. The molecule has 0 aliphatic heterocycles. The largest absolute Gasteiger partial charge is 0.455 e. The molecular weight excluding hydrogens is 695 g/mol. The highest BCUT2D eigenvalue weighted by Crippen LogP contribution is 2.44. The number of fused-ring (bicyclic) bond motifs is 5. The van der Waals surface area contributed by atoms with E-state index in [1.165, 1.54) is 21.9 Å². The molecular formula is C53H33N3O. The van der Waals surface area contributed by atoms with Gasteiger partial charge in [-0.1, -0.05) is 176 Å². The van der Waals surface area contributed by atoms with Crippen LogP contribution in [0.3, 0.4) is 0 Å². The summed E-state index contributed by atoms with van der Waals surface area (Å²) in [5.41, 5.74) is 11.2. The van der Waals surface area contributed by atoms with Gasteiger partial charge in [0.1, 0.15) is 11.2 Å². The predicted octanol–water partition coefficient (Wildman–Crippen LogP) is 14.1. The molecule has 2 heterocycles. The van der Waals surface area contributed by atoms with Crippen LogP contribution >= 0.6 is 0 Å². The van der Waals surface area contributed by atoms with Crippen molar-refractivity contribution in [3.63, 3.8) is 0 Å². The summed E-state index contributed by atoms with van der Waals surface area (Å²) in [7, 11) is 0. The summed E-state index contributed by atoms with van der Waals surface area (Å²) >= 11 is 0. The maximum atomic E-state index is 6.90. The molecule has 11 rings (SSSR count). The van der Waals surface area contributed by atoms with Gasteiger partial charge in [0.25, 0.3) is 0 Å². The monoisotopic (exact) mass is 727 g/mol. The number of aromatic nitrogens is 3. The maximum Gasteiger partial charge on any atom is 0.164 e. The summed E-state index contributed by atoms with van der Waals surface area (Å²) in [6.45, 7) is 0. The van der Waals surface area contributed by atoms with E-state index in [0.29, 0.717) is 17.5 Å². The van der Waals surface area contributed by atoms with E-state index in [2.05, 4.69) is 164 Å². The number of nitrogens with zero attached hydrogens (tertiary/aromatic N) is 3. The SMILES string of the molecule is c1ccc(-c2ccc(-c3ccc(-c4nc(-c5ccccc5)nc(-c5ccc(-c6cccc7ccccc67)c6oc7cc8ccccc8cc7c56)n4)cc3)cc2)cc1. The van der Waals surface area contributed by atoms with Gasteiger partial charge in [-0.3, -0.25) is 0 Å². The van der Waals surface area contributed by atoms with Gasteiger partial charge in [-0.2, -0.15) is 0 Å². The van der Waals surface area contributed by atoms with Crippen LogP contribution < -0.4 is 0 Å². The third-order valence-corrected chi connectivity index (χ3v) is 10.9. The molecule has 0 bridgehead atoms. The van der Waals surface area contributed by atoms with Crippen LogP contribution in [0.4, 0.5) is 0 Å². The normalized spacial score (nSPS) is 11.5. The molecule has 0 amide bonds. The van der Waals surface area contributed by atoms with E-state index in [0.717, 1.165) is 71.7 Å². The quantitative estimate of drug-likeness (QED) is 0.171. The van der Waals surface area contributed by atoms with Crippen LogP contribution in [0.15, 0.2) is 205 Å². The van der Waals surface area contributed by atoms with Crippen molar-refractivity contribution in [2.24, 2.45) is 0 Å². The van der Waals surface area contributed by atoms with Crippen molar-refractivity contribution in [1.82, 2.24) is 15.0 Å². The topological polar surface area (TPSA) is 51.8 Å². The lowest BCUT2D eigenvalue weighted by atomic mass is 9.94. The summed E-state index contributed by atoms with van der Waals surface area (Å²) < 4.78 is 6.90. The van der Waals surface area contributed by atoms with Gasteiger partial charge in [0.2, 0.25) is 0 Å². The average molecular weight is 728 g/mol. The van der Waals surface area contributed by atoms with Crippen molar-refractivity contribution in [3.8, 4) is 67.5 Å². The molecule has 0 spiro atoms. The van der Waals surface area contributed by atoms with Crippen molar-refractivity contribution in [2.45, 2.75) is 0 Å². The molecule has 4 heteroatoms. The van der Waals surface area contributed by atoms with Crippen LogP contribution in [0.1, 0.15) is 0 Å². The highest BCUT2D eigenvalue weighted by Gasteiger charge is 2.22. The Kier molecular flexibility index (Phi) is 7.78. The van der Waals surface area contributed by atoms with E-state index >= 15 is 0 Å². The summed E-state index contributed by atoms with van der Waals surface area (Å²) in [5, 5.41) is 6.62. The van der Waals surface area contributed by atoms with Crippen molar-refractivity contribution in [3.05, 3.63) is 200 Å². The highest BCUT2D eigenvalue weighted by molar-refractivity contribution is 6.19. The number of rotatable bonds is 6. The molecule has 0 N–H and O–H groups in total. The third kappa shape index (κ3) is 5.83. The first-order valence-electron chi connectivity index (χ1n) is 19.2. The van der Waals surface area contributed by atoms with Crippen molar-refractivity contribution in [2.75, 3.05) is 0 Å². The zero-order valence-electron chi connectivity index (χ0n) is 30.8. The summed E-state index contributed by atoms with van der Waals surface area (Å²) in [4.78, 5) is 15.5. The molecule has 266 valence electrons. The van der Waals surface area contributed by atoms with E-state index < -0.39 is 0 Å². The molecule has 2 aromatic heterocycles. The van der Waals surface area contributed by atoms with Gasteiger partial charge in [-0.25, -0.2) is 15.0 Å². The highest BCUT2D eigenvalue weighted by atomic mass is 16.3. The van der Waals surface area contributed by atoms with Crippen LogP contribution in [0.2, 0.25) is 0 Å². The third-order valence-electron chi connectivity index (χ3n) is 10.9. The number of hydrogen-bond donors (Lipinski definition) is 0. The van der Waals surface area contributed by atoms with Crippen LogP contribution in [-0.4, -0.2) is 15.0 Å². The minimum atomic E-state index is 0.588. The van der Waals surface area contributed by atoms with E-state index in [1.54, 1.807) is 0 Å². The van der Waals surface area contributed by atoms with Crippen LogP contribution in [0, 0.1) is 0 Å². The van der Waals surface area contributed by atoms with E-state index in [1.807, 2.05) is 36.4 Å². The second kappa shape index (κ2) is 13.6. The van der Waals surface area contributed by atoms with Crippen LogP contribution in [0.5, 0.6) is 0 Å². The number of hydrogen-bond acceptors (Lipinski definition) is 4. The molecule has 0 unspecified atom stereocenters. The fraction of sp³-hybridized carbons (Fsp3) is 0. The maximum absolute atomic E-state index is 6.90. The minimum absolute atomic E-state index is 0.588. The molecule has 57 heavy (non-hydrogen) atoms. The molecule has 9 aromatic carbocycles. The second-order valence-electron chi connectivity index (χ2n) is 14.4. The van der Waals surface area contributed by atoms with Crippen molar-refractivity contribution in [1.29, 1.82) is 0 Å². The van der Waals surface area contributed by atoms with Gasteiger partial charge in [0.15, 0.2) is 17.5 Å². The first kappa shape index (κ1) is 32.7. The Balaban J connectivity index is 1.09. The lowest BCUT2D eigenvalue weighted by Crippen LogP contribution is -2.00. The van der Waals surface area contributed by atoms with Crippen molar-refractivity contribution >= 4 is 43.5 Å². The molecule has 0 aliphatic rings. The standard InChI is InChI=1S/C53H33N3O/c1-3-12-34(13-4-1)35-22-24-36(25-23-35)37-26-28-40(29-27-37)52-54-51(39-15-5-2-6-16-39)55-53(56-52)46-31-30-45(44-21-11-19-38-14-9-10-20-43(38)44)50-49(46)47-32-41-17-7-8-18-42(41)33-48(47)57-50/h1-33H. The smallest absolute Gasteiger partial charge is 0.164 e. The molecule has 0 saturated heterocycles. The molecule has 0 fully saturated rings. The molecule has 0 aliphatic carbocycles. The Labute approximate surface area is 329 Å². The number of benzene rings is 9. The fourth-order valence-corrected chi connectivity index (χ4v) is 8.06. The zero-order valence-corrected chi connectivity index (χ0v) is 30.8. The van der Waals surface area contributed by atoms with E-state index in [9.17, 15) is 0 Å². The van der Waals surface area contributed by atoms with E-state index in [4.69, 9.17) is 19.4 Å². The van der Waals surface area contributed by atoms with E-state index in [-0.39, 0.29) is 0 Å². The molecule has 0 saturated carbocycles. The summed E-state index contributed by atoms with van der Waals surface area (Å²) in [6, 6.07) is 69.9. The lowest BCUT2D eigenvalue weighted by molar-refractivity contribution is 0.670. The Morgan fingerprint density at radius 1 is 0.298 bits per heavy atom. The second-order valence-corrected chi connectivity index (χ2v) is 14.4. The average Bonchev–Trinajstić information content (AvgIpc) is 3.66. The van der Waals surface area contributed by atoms with Gasteiger partial charge < -0.3 is 4.42 Å². The lowest BCUT2D eigenvalue weighted by Gasteiger charge is -2.12. The Morgan fingerprint density at radius 3 is 1.44 bits per heavy atom.